The third-order valence-corrected chi connectivity index (χ3v) is 5.95. The number of carbonyl (C=O) groups excluding carboxylic acids is 1. The van der Waals surface area contributed by atoms with E-state index >= 15 is 0 Å². The number of amides is 1. The molecular weight excluding hydrogens is 496 g/mol. The van der Waals surface area contributed by atoms with Crippen LogP contribution in [0.5, 0.6) is 17.2 Å². The molecule has 7 heteroatoms. The number of rotatable bonds is 8. The molecule has 0 atom stereocenters. The summed E-state index contributed by atoms with van der Waals surface area (Å²) in [5.74, 6) is 1.37. The molecule has 1 amide bonds. The summed E-state index contributed by atoms with van der Waals surface area (Å²) in [7, 11) is 1.58. The summed E-state index contributed by atoms with van der Waals surface area (Å²) < 4.78 is 11.7. The molecule has 0 fully saturated rings. The number of benzene rings is 2. The number of nitrogens with zero attached hydrogens (tertiary/aromatic N) is 1. The number of phenolic OH excluding ortho intramolecular Hbond substituents is 1. The summed E-state index contributed by atoms with van der Waals surface area (Å²) in [5.41, 5.74) is 5.75. The summed E-state index contributed by atoms with van der Waals surface area (Å²) in [4.78, 5) is 12.4. The van der Waals surface area contributed by atoms with E-state index in [0.717, 1.165) is 26.7 Å². The van der Waals surface area contributed by atoms with Gasteiger partial charge < -0.3 is 14.6 Å². The molecule has 34 heavy (non-hydrogen) atoms. The van der Waals surface area contributed by atoms with Crippen LogP contribution >= 0.6 is 15.9 Å². The molecule has 2 rings (SSSR count). The molecule has 0 saturated carbocycles. The molecule has 0 bridgehead atoms. The molecule has 2 N–H and O–H groups in total. The molecule has 0 saturated heterocycles. The fourth-order valence-corrected chi connectivity index (χ4v) is 4.22. The summed E-state index contributed by atoms with van der Waals surface area (Å²) >= 11 is 3.47. The number of hydrazone groups is 1. The van der Waals surface area contributed by atoms with E-state index < -0.39 is 0 Å². The number of ether oxygens (including phenoxy) is 2. The van der Waals surface area contributed by atoms with Crippen LogP contribution in [0.15, 0.2) is 33.8 Å². The first-order valence-electron chi connectivity index (χ1n) is 11.5. The highest BCUT2D eigenvalue weighted by Crippen LogP contribution is 2.40. The highest BCUT2D eigenvalue weighted by atomic mass is 79.9. The number of phenols is 1. The van der Waals surface area contributed by atoms with E-state index in [9.17, 15) is 9.90 Å². The SMILES string of the molecule is CCOc1cc(/C=N\NC(=O)CCc2cc(C(C)(C)C)c(O)c(C(C)(C)C)c2)cc(Br)c1OC. The van der Waals surface area contributed by atoms with Gasteiger partial charge >= 0.3 is 0 Å². The van der Waals surface area contributed by atoms with Crippen LogP contribution < -0.4 is 14.9 Å². The standard InChI is InChI=1S/C27H37BrN2O4/c1-9-34-22-15-18(14-21(28)25(22)33-8)16-29-30-23(31)11-10-17-12-19(26(2,3)4)24(32)20(13-17)27(5,6)7/h12-16,32H,9-11H2,1-8H3,(H,30,31)/b29-16-. The number of hydrogen-bond acceptors (Lipinski definition) is 5. The Hall–Kier alpha value is -2.54. The number of methoxy groups -OCH3 is 1. The molecule has 0 aromatic heterocycles. The molecule has 0 heterocycles. The third kappa shape index (κ3) is 7.23. The van der Waals surface area contributed by atoms with Crippen molar-refractivity contribution in [2.24, 2.45) is 5.10 Å². The number of halogens is 1. The summed E-state index contributed by atoms with van der Waals surface area (Å²) in [6.45, 7) is 14.9. The molecule has 186 valence electrons. The Morgan fingerprint density at radius 2 is 1.68 bits per heavy atom. The van der Waals surface area contributed by atoms with E-state index in [1.807, 2.05) is 25.1 Å². The molecule has 2 aromatic rings. The molecule has 0 spiro atoms. The molecule has 0 aliphatic heterocycles. The van der Waals surface area contributed by atoms with Crippen LogP contribution in [0.2, 0.25) is 0 Å². The van der Waals surface area contributed by atoms with Gasteiger partial charge in [-0.1, -0.05) is 53.7 Å². The van der Waals surface area contributed by atoms with Crippen LogP contribution in [0.4, 0.5) is 0 Å². The maximum Gasteiger partial charge on any atom is 0.240 e. The van der Waals surface area contributed by atoms with Crippen LogP contribution in [0, 0.1) is 0 Å². The number of carbonyl (C=O) groups is 1. The number of hydrogen-bond donors (Lipinski definition) is 2. The van der Waals surface area contributed by atoms with Crippen LogP contribution in [-0.2, 0) is 22.0 Å². The second-order valence-corrected chi connectivity index (χ2v) is 11.2. The highest BCUT2D eigenvalue weighted by molar-refractivity contribution is 9.10. The molecule has 0 radical (unpaired) electrons. The molecular formula is C27H37BrN2O4. The van der Waals surface area contributed by atoms with Crippen molar-refractivity contribution >= 4 is 28.1 Å². The molecule has 0 aliphatic rings. The Balaban J connectivity index is 2.12. The van der Waals surface area contributed by atoms with E-state index in [1.54, 1.807) is 19.4 Å². The van der Waals surface area contributed by atoms with Crippen molar-refractivity contribution in [3.63, 3.8) is 0 Å². The first-order valence-corrected chi connectivity index (χ1v) is 12.3. The lowest BCUT2D eigenvalue weighted by Gasteiger charge is -2.28. The highest BCUT2D eigenvalue weighted by Gasteiger charge is 2.26. The van der Waals surface area contributed by atoms with E-state index in [-0.39, 0.29) is 23.2 Å². The van der Waals surface area contributed by atoms with Crippen molar-refractivity contribution in [2.75, 3.05) is 13.7 Å². The summed E-state index contributed by atoms with van der Waals surface area (Å²) in [6, 6.07) is 7.66. The Bertz CT molecular complexity index is 1010. The zero-order chi connectivity index (χ0) is 25.7. The second-order valence-electron chi connectivity index (χ2n) is 10.3. The third-order valence-electron chi connectivity index (χ3n) is 5.37. The van der Waals surface area contributed by atoms with Gasteiger partial charge in [-0.25, -0.2) is 5.43 Å². The second kappa shape index (κ2) is 11.3. The first-order chi connectivity index (χ1) is 15.8. The largest absolute Gasteiger partial charge is 0.507 e. The minimum absolute atomic E-state index is 0.184. The van der Waals surface area contributed by atoms with E-state index in [4.69, 9.17) is 9.47 Å². The maximum absolute atomic E-state index is 12.4. The van der Waals surface area contributed by atoms with Crippen molar-refractivity contribution in [3.05, 3.63) is 51.0 Å². The van der Waals surface area contributed by atoms with Crippen molar-refractivity contribution in [1.82, 2.24) is 5.43 Å². The minimum atomic E-state index is -0.209. The fourth-order valence-electron chi connectivity index (χ4n) is 3.60. The van der Waals surface area contributed by atoms with Gasteiger partial charge in [0.05, 0.1) is 24.4 Å². The number of aromatic hydroxyl groups is 1. The van der Waals surface area contributed by atoms with Crippen molar-refractivity contribution in [2.45, 2.75) is 72.1 Å². The van der Waals surface area contributed by atoms with Gasteiger partial charge in [-0.05, 0) is 74.5 Å². The Morgan fingerprint density at radius 1 is 1.09 bits per heavy atom. The van der Waals surface area contributed by atoms with Crippen molar-refractivity contribution in [1.29, 1.82) is 0 Å². The molecule has 6 nitrogen and oxygen atoms in total. The predicted octanol–water partition coefficient (Wildman–Crippen LogP) is 6.24. The smallest absolute Gasteiger partial charge is 0.240 e. The minimum Gasteiger partial charge on any atom is -0.507 e. The van der Waals surface area contributed by atoms with E-state index in [2.05, 4.69) is 68.0 Å². The summed E-state index contributed by atoms with van der Waals surface area (Å²) in [5, 5.41) is 15.0. The summed E-state index contributed by atoms with van der Waals surface area (Å²) in [6.07, 6.45) is 2.41. The van der Waals surface area contributed by atoms with Gasteiger partial charge in [0.2, 0.25) is 5.91 Å². The van der Waals surface area contributed by atoms with Gasteiger partial charge in [0.15, 0.2) is 11.5 Å². The Morgan fingerprint density at radius 3 is 2.18 bits per heavy atom. The monoisotopic (exact) mass is 532 g/mol. The zero-order valence-corrected chi connectivity index (χ0v) is 23.1. The van der Waals surface area contributed by atoms with Gasteiger partial charge in [-0.3, -0.25) is 4.79 Å². The van der Waals surface area contributed by atoms with Crippen LogP contribution in [0.25, 0.3) is 0 Å². The lowest BCUT2D eigenvalue weighted by Crippen LogP contribution is -2.20. The Labute approximate surface area is 211 Å². The van der Waals surface area contributed by atoms with Crippen LogP contribution in [0.3, 0.4) is 0 Å². The van der Waals surface area contributed by atoms with Gasteiger partial charge in [-0.2, -0.15) is 5.10 Å². The average molecular weight is 534 g/mol. The topological polar surface area (TPSA) is 80.2 Å². The first kappa shape index (κ1) is 27.7. The van der Waals surface area contributed by atoms with Gasteiger partial charge in [0, 0.05) is 6.42 Å². The number of aryl methyl sites for hydroxylation is 1. The van der Waals surface area contributed by atoms with Crippen LogP contribution in [0.1, 0.15) is 77.1 Å². The van der Waals surface area contributed by atoms with Gasteiger partial charge in [-0.15, -0.1) is 0 Å². The zero-order valence-electron chi connectivity index (χ0n) is 21.5. The predicted molar refractivity (Wildman–Crippen MR) is 141 cm³/mol. The quantitative estimate of drug-likeness (QED) is 0.311. The van der Waals surface area contributed by atoms with Gasteiger partial charge in [0.1, 0.15) is 5.75 Å². The van der Waals surface area contributed by atoms with E-state index in [0.29, 0.717) is 30.3 Å². The number of nitrogens with one attached hydrogen (secondary N) is 1. The fraction of sp³-hybridized carbons (Fsp3) is 0.481. The van der Waals surface area contributed by atoms with Crippen molar-refractivity contribution in [3.8, 4) is 17.2 Å². The molecule has 2 aromatic carbocycles. The van der Waals surface area contributed by atoms with Crippen molar-refractivity contribution < 1.29 is 19.4 Å². The molecule has 0 unspecified atom stereocenters. The maximum atomic E-state index is 12.4. The normalized spacial score (nSPS) is 12.1. The molecule has 0 aliphatic carbocycles. The average Bonchev–Trinajstić information content (AvgIpc) is 2.71. The lowest BCUT2D eigenvalue weighted by atomic mass is 9.78. The Kier molecular flexibility index (Phi) is 9.17. The van der Waals surface area contributed by atoms with Gasteiger partial charge in [0.25, 0.3) is 0 Å². The lowest BCUT2D eigenvalue weighted by molar-refractivity contribution is -0.121. The van der Waals surface area contributed by atoms with E-state index in [1.165, 1.54) is 0 Å². The van der Waals surface area contributed by atoms with Crippen LogP contribution in [-0.4, -0.2) is 30.9 Å².